The average Bonchev–Trinajstić information content (AvgIpc) is 4.05. The van der Waals surface area contributed by atoms with E-state index in [9.17, 15) is 10.6 Å². The fourth-order valence-electron chi connectivity index (χ4n) is 10.7. The van der Waals surface area contributed by atoms with Crippen LogP contribution in [0.25, 0.3) is 10.4 Å². The quantitative estimate of drug-likeness (QED) is 0.0545. The lowest BCUT2D eigenvalue weighted by molar-refractivity contribution is -0.355. The second-order valence-electron chi connectivity index (χ2n) is 20.2. The molecule has 1 N–H and O–H groups in total. The van der Waals surface area contributed by atoms with Crippen LogP contribution in [0.15, 0.2) is 126 Å². The van der Waals surface area contributed by atoms with Crippen molar-refractivity contribution in [3.05, 3.63) is 154 Å². The number of azide groups is 1. The highest BCUT2D eigenvalue weighted by Gasteiger charge is 2.62. The summed E-state index contributed by atoms with van der Waals surface area (Å²) in [6, 6.07) is 38.7. The molecule has 0 aromatic heterocycles. The van der Waals surface area contributed by atoms with E-state index in [4.69, 9.17) is 66.3 Å². The monoisotopic (exact) mass is 1010 g/mol. The van der Waals surface area contributed by atoms with Crippen molar-refractivity contribution in [1.29, 1.82) is 0 Å². The van der Waals surface area contributed by atoms with Crippen LogP contribution in [0.5, 0.6) is 0 Å². The van der Waals surface area contributed by atoms with Crippen molar-refractivity contribution >= 4 is 0 Å². The molecule has 73 heavy (non-hydrogen) atoms. The molecule has 18 nitrogen and oxygen atoms in total. The van der Waals surface area contributed by atoms with Crippen LogP contribution in [0, 0.1) is 11.8 Å². The van der Waals surface area contributed by atoms with Crippen LogP contribution in [-0.4, -0.2) is 129 Å². The SMILES string of the molecule is CC1C(O[C@@H]2OC[C@]3(COCc4ccccc4)O[C@@H](c4ccccc4)OC23)[C@H](OCc2ccccc2)CO[C@H]1O[C@H]1C(C)O[C@@H](OC2C(C)[C@@H](N=[N+]=[N-])C(COCc3ccccc3)O[C@H]2O)C2OC(C)(C)OC21. The van der Waals surface area contributed by atoms with Crippen molar-refractivity contribution in [1.82, 2.24) is 0 Å². The number of hydrogen-bond donors (Lipinski definition) is 1. The predicted octanol–water partition coefficient (Wildman–Crippen LogP) is 7.66. The molecule has 6 heterocycles. The van der Waals surface area contributed by atoms with Crippen LogP contribution >= 0.6 is 0 Å². The van der Waals surface area contributed by atoms with Gasteiger partial charge in [-0.15, -0.1) is 0 Å². The number of benzene rings is 4. The Morgan fingerprint density at radius 3 is 1.92 bits per heavy atom. The minimum Gasteiger partial charge on any atom is -0.374 e. The highest BCUT2D eigenvalue weighted by molar-refractivity contribution is 5.19. The van der Waals surface area contributed by atoms with E-state index in [0.717, 1.165) is 22.3 Å². The Labute approximate surface area is 425 Å². The zero-order valence-electron chi connectivity index (χ0n) is 41.8. The van der Waals surface area contributed by atoms with Gasteiger partial charge in [-0.05, 0) is 48.9 Å². The van der Waals surface area contributed by atoms with Gasteiger partial charge in [0.15, 0.2) is 37.2 Å². The van der Waals surface area contributed by atoms with Gasteiger partial charge in [-0.3, -0.25) is 0 Å². The summed E-state index contributed by atoms with van der Waals surface area (Å²) in [5.74, 6) is -2.02. The van der Waals surface area contributed by atoms with Gasteiger partial charge in [0.1, 0.15) is 42.2 Å². The van der Waals surface area contributed by atoms with E-state index in [2.05, 4.69) is 10.0 Å². The van der Waals surface area contributed by atoms with Gasteiger partial charge in [0, 0.05) is 16.4 Å². The summed E-state index contributed by atoms with van der Waals surface area (Å²) in [6.45, 7) is 10.9. The maximum atomic E-state index is 11.5. The molecule has 6 saturated heterocycles. The maximum absolute atomic E-state index is 11.5. The van der Waals surface area contributed by atoms with Crippen molar-refractivity contribution in [2.24, 2.45) is 17.0 Å². The lowest BCUT2D eigenvalue weighted by Gasteiger charge is -2.48. The second-order valence-corrected chi connectivity index (χ2v) is 20.2. The van der Waals surface area contributed by atoms with Crippen LogP contribution in [0.4, 0.5) is 0 Å². The molecule has 0 radical (unpaired) electrons. The van der Waals surface area contributed by atoms with Crippen LogP contribution in [0.1, 0.15) is 63.2 Å². The number of aliphatic hydroxyl groups is 1. The minimum absolute atomic E-state index is 0.0854. The molecule has 4 aromatic carbocycles. The highest BCUT2D eigenvalue weighted by atomic mass is 16.8. The van der Waals surface area contributed by atoms with Gasteiger partial charge in [-0.1, -0.05) is 140 Å². The number of nitrogens with zero attached hydrogens (tertiary/aromatic N) is 3. The first-order valence-corrected chi connectivity index (χ1v) is 25.3. The van der Waals surface area contributed by atoms with Crippen molar-refractivity contribution in [3.8, 4) is 0 Å². The highest BCUT2D eigenvalue weighted by Crippen LogP contribution is 2.47. The molecular weight excluding hydrogens is 943 g/mol. The van der Waals surface area contributed by atoms with Crippen LogP contribution in [0.2, 0.25) is 0 Å². The molecule has 18 atom stereocenters. The smallest absolute Gasteiger partial charge is 0.187 e. The number of aliphatic hydroxyl groups excluding tert-OH is 1. The fourth-order valence-corrected chi connectivity index (χ4v) is 10.7. The molecule has 9 unspecified atom stereocenters. The van der Waals surface area contributed by atoms with Crippen LogP contribution in [0.3, 0.4) is 0 Å². The lowest BCUT2D eigenvalue weighted by atomic mass is 9.88. The van der Waals surface area contributed by atoms with Crippen molar-refractivity contribution in [2.45, 2.75) is 158 Å². The third-order valence-electron chi connectivity index (χ3n) is 14.5. The third-order valence-corrected chi connectivity index (χ3v) is 14.5. The summed E-state index contributed by atoms with van der Waals surface area (Å²) in [6.07, 6.45) is -11.2. The first-order valence-electron chi connectivity index (χ1n) is 25.3. The maximum Gasteiger partial charge on any atom is 0.187 e. The number of fused-ring (bicyclic) bond motifs is 2. The van der Waals surface area contributed by atoms with Crippen molar-refractivity contribution in [3.63, 3.8) is 0 Å². The third kappa shape index (κ3) is 11.9. The second kappa shape index (κ2) is 23.2. The van der Waals surface area contributed by atoms with Gasteiger partial charge in [-0.25, -0.2) is 0 Å². The standard InChI is InChI=1S/C55H67N3O15/c1-33-42(57-58-56)40(29-60-26-36-18-10-6-11-19-36)66-49(59)44(33)68-52-47-46(71-54(4,5)72-47)45(35(3)65-52)69-50-34(2)43(41(30-63-50)62-28-38-22-14-8-15-23-38)67-53-48-55(32-64-53,31-61-27-37-20-12-7-13-21-37)73-51(70-48)39-24-16-9-17-25-39/h6-25,33-35,40-53,59H,26-32H2,1-5H3/t33?,34?,35?,40?,41-,42-,43?,44?,45+,46?,47?,48?,49-,50+,51+,52+,53+,55+/m1/s1. The first kappa shape index (κ1) is 52.0. The van der Waals surface area contributed by atoms with E-state index in [1.54, 1.807) is 0 Å². The predicted molar refractivity (Wildman–Crippen MR) is 259 cm³/mol. The van der Waals surface area contributed by atoms with Crippen LogP contribution < -0.4 is 0 Å². The van der Waals surface area contributed by atoms with E-state index in [1.807, 2.05) is 156 Å². The van der Waals surface area contributed by atoms with Crippen molar-refractivity contribution in [2.75, 3.05) is 26.4 Å². The largest absolute Gasteiger partial charge is 0.374 e. The molecule has 0 aliphatic carbocycles. The Morgan fingerprint density at radius 1 is 0.644 bits per heavy atom. The van der Waals surface area contributed by atoms with Crippen molar-refractivity contribution < 1.29 is 71.4 Å². The van der Waals surface area contributed by atoms with E-state index >= 15 is 0 Å². The lowest BCUT2D eigenvalue weighted by Crippen LogP contribution is -2.62. The normalized spacial score (nSPS) is 37.8. The Hall–Kier alpha value is -4.41. The summed E-state index contributed by atoms with van der Waals surface area (Å²) in [5, 5.41) is 15.5. The van der Waals surface area contributed by atoms with Gasteiger partial charge in [0.05, 0.1) is 70.6 Å². The van der Waals surface area contributed by atoms with Gasteiger partial charge in [0.2, 0.25) is 0 Å². The zero-order chi connectivity index (χ0) is 50.5. The molecule has 6 aliphatic heterocycles. The Balaban J connectivity index is 0.841. The summed E-state index contributed by atoms with van der Waals surface area (Å²) in [7, 11) is 0. The Kier molecular flexibility index (Phi) is 16.6. The number of ether oxygens (including phenoxy) is 14. The minimum atomic E-state index is -1.40. The summed E-state index contributed by atoms with van der Waals surface area (Å²) < 4.78 is 91.8. The van der Waals surface area contributed by atoms with E-state index in [0.29, 0.717) is 19.8 Å². The number of rotatable bonds is 19. The Morgan fingerprint density at radius 2 is 1.25 bits per heavy atom. The van der Waals surface area contributed by atoms with Gasteiger partial charge >= 0.3 is 0 Å². The number of hydrogen-bond acceptors (Lipinski definition) is 16. The first-order chi connectivity index (χ1) is 35.5. The molecule has 0 spiro atoms. The van der Waals surface area contributed by atoms with Gasteiger partial charge in [-0.2, -0.15) is 0 Å². The summed E-state index contributed by atoms with van der Waals surface area (Å²) >= 11 is 0. The van der Waals surface area contributed by atoms with E-state index in [1.165, 1.54) is 0 Å². The molecule has 0 bridgehead atoms. The molecule has 0 saturated carbocycles. The molecule has 0 amide bonds. The van der Waals surface area contributed by atoms with Gasteiger partial charge < -0.3 is 71.4 Å². The van der Waals surface area contributed by atoms with Gasteiger partial charge in [0.25, 0.3) is 0 Å². The average molecular weight is 1010 g/mol. The Bertz CT molecular complexity index is 2410. The topological polar surface area (TPSA) is 198 Å². The molecule has 10 rings (SSSR count). The molecule has 18 heteroatoms. The van der Waals surface area contributed by atoms with Crippen LogP contribution in [-0.2, 0) is 86.1 Å². The molecule has 4 aromatic rings. The molecule has 392 valence electrons. The zero-order valence-corrected chi connectivity index (χ0v) is 41.8. The summed E-state index contributed by atoms with van der Waals surface area (Å²) in [5.41, 5.74) is 12.5. The fraction of sp³-hybridized carbons (Fsp3) is 0.564. The molecule has 6 aliphatic rings. The van der Waals surface area contributed by atoms with E-state index < -0.39 is 116 Å². The summed E-state index contributed by atoms with van der Waals surface area (Å²) in [4.78, 5) is 3.11. The molecule has 6 fully saturated rings. The molecular formula is C55H67N3O15. The van der Waals surface area contributed by atoms with E-state index in [-0.39, 0.29) is 26.4 Å².